The summed E-state index contributed by atoms with van der Waals surface area (Å²) < 4.78 is 35.9. The zero-order valence-corrected chi connectivity index (χ0v) is 71.1. The summed E-state index contributed by atoms with van der Waals surface area (Å²) in [5.41, 5.74) is 27.5. The molecule has 0 atom stereocenters. The van der Waals surface area contributed by atoms with Gasteiger partial charge in [0.1, 0.15) is 51.4 Å². The molecule has 15 rings (SSSR count). The number of rotatable bonds is 12. The molecular weight excluding hydrogens is 1650 g/mol. The number of ether oxygens (including phenoxy) is 3. The maximum absolute atomic E-state index is 6.43. The van der Waals surface area contributed by atoms with E-state index in [9.17, 15) is 0 Å². The number of halogens is 1. The second kappa shape index (κ2) is 31.3. The van der Waals surface area contributed by atoms with Crippen molar-refractivity contribution in [1.29, 1.82) is 0 Å². The monoisotopic (exact) mass is 1740 g/mol. The van der Waals surface area contributed by atoms with Gasteiger partial charge in [0.2, 0.25) is 12.7 Å². The fourth-order valence-corrected chi connectivity index (χ4v) is 13.1. The first-order valence-corrected chi connectivity index (χ1v) is 36.3. The summed E-state index contributed by atoms with van der Waals surface area (Å²) in [6.07, 6.45) is 12.9. The number of fused-ring (bicyclic) bond motifs is 3. The first kappa shape index (κ1) is 79.7. The largest absolute Gasteiger partial charge is 1.00 e. The Kier molecular flexibility index (Phi) is 22.9. The Labute approximate surface area is 671 Å². The Balaban J connectivity index is 0.000000161. The molecule has 18 nitrogen and oxygen atoms in total. The van der Waals surface area contributed by atoms with Crippen LogP contribution in [0.3, 0.4) is 0 Å². The van der Waals surface area contributed by atoms with Crippen LogP contribution in [0, 0.1) is 102 Å². The fourth-order valence-electron chi connectivity index (χ4n) is 13.1. The second-order valence-electron chi connectivity index (χ2n) is 31.0. The molecule has 20 heteroatoms. The minimum absolute atomic E-state index is 0. The Hall–Kier alpha value is -10.4. The van der Waals surface area contributed by atoms with Gasteiger partial charge in [-0.3, -0.25) is 18.8 Å². The van der Waals surface area contributed by atoms with Gasteiger partial charge in [-0.1, -0.05) is 97.8 Å². The van der Waals surface area contributed by atoms with Crippen LogP contribution in [0.15, 0.2) is 165 Å². The molecule has 564 valence electrons. The molecule has 12 heterocycles. The van der Waals surface area contributed by atoms with E-state index in [1.807, 2.05) is 136 Å². The van der Waals surface area contributed by atoms with Gasteiger partial charge < -0.3 is 61.3 Å². The van der Waals surface area contributed by atoms with E-state index in [0.29, 0.717) is 11.5 Å². The number of benzene rings is 3. The molecular formula is C89H96IN15O3Pt-2. The summed E-state index contributed by atoms with van der Waals surface area (Å²) in [7, 11) is 4.05. The summed E-state index contributed by atoms with van der Waals surface area (Å²) in [5, 5.41) is 0. The molecule has 0 amide bonds. The normalized spacial score (nSPS) is 11.7. The zero-order valence-electron chi connectivity index (χ0n) is 66.7. The van der Waals surface area contributed by atoms with E-state index in [1.165, 1.54) is 28.1 Å². The Morgan fingerprint density at radius 2 is 0.862 bits per heavy atom. The quantitative estimate of drug-likeness (QED) is 0.0656. The van der Waals surface area contributed by atoms with Crippen molar-refractivity contribution in [3.8, 4) is 85.7 Å². The first-order chi connectivity index (χ1) is 50.7. The Morgan fingerprint density at radius 3 is 1.31 bits per heavy atom. The van der Waals surface area contributed by atoms with Crippen LogP contribution in [0.2, 0.25) is 0 Å². The van der Waals surface area contributed by atoms with E-state index in [2.05, 4.69) is 248 Å². The van der Waals surface area contributed by atoms with Crippen molar-refractivity contribution in [2.45, 2.75) is 162 Å². The van der Waals surface area contributed by atoms with Gasteiger partial charge >= 0.3 is 0 Å². The molecule has 0 aliphatic heterocycles. The third-order valence-electron chi connectivity index (χ3n) is 20.5. The number of aryl methyl sites for hydroxylation is 9. The van der Waals surface area contributed by atoms with Crippen LogP contribution in [0.5, 0.6) is 34.5 Å². The Morgan fingerprint density at radius 1 is 0.404 bits per heavy atom. The molecule has 15 aromatic rings. The minimum Gasteiger partial charge on any atom is -1.00 e. The van der Waals surface area contributed by atoms with Crippen molar-refractivity contribution in [2.75, 3.05) is 0 Å². The molecule has 0 saturated heterocycles. The molecule has 12 aromatic heterocycles. The molecule has 0 N–H and O–H groups in total. The number of imidazole rings is 6. The van der Waals surface area contributed by atoms with E-state index < -0.39 is 0 Å². The zero-order chi connectivity index (χ0) is 76.5. The van der Waals surface area contributed by atoms with Crippen molar-refractivity contribution < 1.29 is 68.4 Å². The van der Waals surface area contributed by atoms with E-state index in [1.54, 1.807) is 0 Å². The molecule has 0 radical (unpaired) electrons. The average molecular weight is 1750 g/mol. The van der Waals surface area contributed by atoms with Gasteiger partial charge in [0.05, 0.1) is 77.3 Å². The van der Waals surface area contributed by atoms with Gasteiger partial charge in [-0.05, 0) is 163 Å². The molecule has 0 fully saturated rings. The van der Waals surface area contributed by atoms with E-state index in [4.69, 9.17) is 44.1 Å². The van der Waals surface area contributed by atoms with Crippen LogP contribution >= 0.6 is 0 Å². The van der Waals surface area contributed by atoms with Crippen molar-refractivity contribution in [3.05, 3.63) is 268 Å². The van der Waals surface area contributed by atoms with E-state index >= 15 is 0 Å². The van der Waals surface area contributed by atoms with Crippen molar-refractivity contribution in [2.24, 2.45) is 14.1 Å². The van der Waals surface area contributed by atoms with Gasteiger partial charge in [0.15, 0.2) is 0 Å². The number of hydrogen-bond acceptors (Lipinski definition) is 10. The predicted octanol–water partition coefficient (Wildman–Crippen LogP) is 16.0. The van der Waals surface area contributed by atoms with Gasteiger partial charge in [0.25, 0.3) is 0 Å². The van der Waals surface area contributed by atoms with Gasteiger partial charge in [0, 0.05) is 136 Å². The van der Waals surface area contributed by atoms with Crippen molar-refractivity contribution in [1.82, 2.24) is 61.8 Å². The standard InChI is InChI=1S/C30H34N5O.C30H31N5O.C29H31N5O.HI.Pt/c2*1-19-20(2)35-28(27-14-23(12-13-31-27)30(5,6)7)16-26(17-29(35)32-19)36-25-11-9-10-24(15-25)34-18-33(8)21(3)22(34)4;1-18-20(3)33(17-31-18)23-9-8-10-24(14-23)35-25-15-27(34-21(4)19(2)32-28(34)16-25)26-13-22(11-12-30-26)29(5,6)7;;/h9-18H,1-8H3;9-14,17H,1-8H3;8-17H,1-7H3;1H;/q+1;-2;;;/p-1. The number of pyridine rings is 6. The van der Waals surface area contributed by atoms with Crippen LogP contribution in [0.1, 0.15) is 147 Å². The van der Waals surface area contributed by atoms with Crippen LogP contribution in [0.25, 0.3) is 68.2 Å². The topological polar surface area (TPSA) is 154 Å². The Bertz CT molecular complexity index is 5660. The first-order valence-electron chi connectivity index (χ1n) is 36.3. The maximum atomic E-state index is 6.43. The van der Waals surface area contributed by atoms with Crippen LogP contribution in [0.4, 0.5) is 0 Å². The second-order valence-corrected chi connectivity index (χ2v) is 31.0. The van der Waals surface area contributed by atoms with E-state index in [-0.39, 0.29) is 61.3 Å². The number of hydrogen-bond donors (Lipinski definition) is 0. The van der Waals surface area contributed by atoms with Crippen LogP contribution in [-0.4, -0.2) is 61.8 Å². The smallest absolute Gasteiger partial charge is 0.249 e. The summed E-state index contributed by atoms with van der Waals surface area (Å²) in [4.78, 5) is 33.0. The SMILES string of the molecule is Cc1nc2cc(Oc3[c-]c(-[n+]4[c-]n(C)c(C)c4C)ccc3)[c-]c(-c3cc(C(C)(C)C)ccn3)n2c1C.Cc1nc2cc(Oc3cccc(-n4c[n+](C)c(C)c4C)c3)cc(-c3cc(C(C)(C)C)ccn3)n2c1C.Cc1ncn(-c2cccc(Oc3cc(-c4cc(C(C)(C)C)ccn4)n4c(C)c(C)nc4c3)c2)c1C.[I-].[Pt]. The van der Waals surface area contributed by atoms with Crippen molar-refractivity contribution >= 4 is 16.9 Å². The summed E-state index contributed by atoms with van der Waals surface area (Å²) in [6.45, 7) is 44.7. The summed E-state index contributed by atoms with van der Waals surface area (Å²) >= 11 is 0. The van der Waals surface area contributed by atoms with Crippen LogP contribution in [-0.2, 0) is 51.4 Å². The third kappa shape index (κ3) is 16.5. The average Bonchev–Trinajstić information content (AvgIpc) is 1.67. The number of nitrogens with zero attached hydrogens (tertiary/aromatic N) is 15. The van der Waals surface area contributed by atoms with Gasteiger partial charge in [-0.15, -0.1) is 18.2 Å². The summed E-state index contributed by atoms with van der Waals surface area (Å²) in [5.74, 6) is 4.13. The van der Waals surface area contributed by atoms with Crippen molar-refractivity contribution in [3.63, 3.8) is 0 Å². The summed E-state index contributed by atoms with van der Waals surface area (Å²) in [6, 6.07) is 51.6. The molecule has 0 saturated carbocycles. The molecule has 3 aromatic carbocycles. The molecule has 0 aliphatic carbocycles. The van der Waals surface area contributed by atoms with E-state index in [0.717, 1.165) is 148 Å². The third-order valence-corrected chi connectivity index (χ3v) is 20.5. The minimum atomic E-state index is 0. The molecule has 0 spiro atoms. The van der Waals surface area contributed by atoms with Gasteiger partial charge in [-0.25, -0.2) is 24.5 Å². The van der Waals surface area contributed by atoms with Gasteiger partial charge in [-0.2, -0.15) is 16.7 Å². The molecule has 109 heavy (non-hydrogen) atoms. The van der Waals surface area contributed by atoms with Crippen LogP contribution < -0.4 is 47.3 Å². The number of aromatic nitrogens is 15. The molecule has 0 bridgehead atoms. The molecule has 0 aliphatic rings. The molecule has 0 unspecified atom stereocenters. The maximum Gasteiger partial charge on any atom is 0.249 e. The fraction of sp³-hybridized carbons (Fsp3) is 0.292. The predicted molar refractivity (Wildman–Crippen MR) is 422 cm³/mol.